The zero-order valence-corrected chi connectivity index (χ0v) is 18.4. The van der Waals surface area contributed by atoms with E-state index in [1.54, 1.807) is 6.92 Å². The summed E-state index contributed by atoms with van der Waals surface area (Å²) >= 11 is 0. The average Bonchev–Trinajstić information content (AvgIpc) is 2.52. The second-order valence-corrected chi connectivity index (χ2v) is 13.4. The van der Waals surface area contributed by atoms with Crippen molar-refractivity contribution >= 4 is 26.2 Å². The standard InChI is InChI=1S/C19H33NO6Si/c1-9-10-25-14(21)11-20-16(12(2)18(23)24)15(17(20)22)13(3)26-27(7,8)19(4,5)6/h9,12-13,15-16H,1,10-11H2,2-8H3,(H,23,24)/t12-,13-,15-,16-/m1/s1. The van der Waals surface area contributed by atoms with E-state index in [1.807, 2.05) is 6.92 Å². The van der Waals surface area contributed by atoms with Crippen molar-refractivity contribution in [2.75, 3.05) is 13.2 Å². The molecule has 27 heavy (non-hydrogen) atoms. The molecule has 1 N–H and O–H groups in total. The lowest BCUT2D eigenvalue weighted by molar-refractivity contribution is -0.177. The normalized spacial score (nSPS) is 22.6. The Labute approximate surface area is 162 Å². The van der Waals surface area contributed by atoms with E-state index >= 15 is 0 Å². The SMILES string of the molecule is C=CCOC(=O)CN1C(=O)[C@H]([C@@H](C)O[Si](C)(C)C(C)(C)C)[C@H]1[C@@H](C)C(=O)O. The lowest BCUT2D eigenvalue weighted by atomic mass is 9.76. The molecular formula is C19H33NO6Si. The average molecular weight is 400 g/mol. The number of esters is 1. The molecule has 1 rings (SSSR count). The molecule has 0 bridgehead atoms. The van der Waals surface area contributed by atoms with E-state index in [0.29, 0.717) is 0 Å². The third-order valence-corrected chi connectivity index (χ3v) is 10.2. The fourth-order valence-electron chi connectivity index (χ4n) is 3.04. The quantitative estimate of drug-likeness (QED) is 0.277. The van der Waals surface area contributed by atoms with Crippen molar-refractivity contribution in [1.82, 2.24) is 4.90 Å². The van der Waals surface area contributed by atoms with Gasteiger partial charge in [-0.25, -0.2) is 0 Å². The lowest BCUT2D eigenvalue weighted by Crippen LogP contribution is -2.69. The monoisotopic (exact) mass is 399 g/mol. The summed E-state index contributed by atoms with van der Waals surface area (Å²) in [7, 11) is -2.13. The molecule has 0 spiro atoms. The van der Waals surface area contributed by atoms with Gasteiger partial charge in [-0.15, -0.1) is 0 Å². The molecule has 8 heteroatoms. The van der Waals surface area contributed by atoms with Crippen LogP contribution >= 0.6 is 0 Å². The molecule has 154 valence electrons. The summed E-state index contributed by atoms with van der Waals surface area (Å²) in [4.78, 5) is 37.5. The van der Waals surface area contributed by atoms with Gasteiger partial charge in [-0.2, -0.15) is 0 Å². The van der Waals surface area contributed by atoms with Gasteiger partial charge in [-0.1, -0.05) is 33.4 Å². The Morgan fingerprint density at radius 2 is 1.89 bits per heavy atom. The number of amides is 1. The number of hydrogen-bond donors (Lipinski definition) is 1. The second kappa shape index (κ2) is 8.56. The summed E-state index contributed by atoms with van der Waals surface area (Å²) in [5, 5.41) is 9.43. The van der Waals surface area contributed by atoms with Crippen LogP contribution in [-0.2, 0) is 23.5 Å². The summed E-state index contributed by atoms with van der Waals surface area (Å²) in [6, 6.07) is -0.606. The van der Waals surface area contributed by atoms with Crippen LogP contribution in [0.5, 0.6) is 0 Å². The van der Waals surface area contributed by atoms with Gasteiger partial charge in [-0.3, -0.25) is 14.4 Å². The first-order valence-electron chi connectivity index (χ1n) is 9.22. The number of carboxylic acid groups (broad SMARTS) is 1. The third kappa shape index (κ3) is 5.19. The van der Waals surface area contributed by atoms with E-state index in [0.717, 1.165) is 0 Å². The number of nitrogens with zero attached hydrogens (tertiary/aromatic N) is 1. The summed E-state index contributed by atoms with van der Waals surface area (Å²) in [6.45, 7) is 17.1. The van der Waals surface area contributed by atoms with Crippen LogP contribution in [-0.4, -0.2) is 61.5 Å². The molecule has 0 saturated carbocycles. The molecule has 1 aliphatic rings. The van der Waals surface area contributed by atoms with Crippen molar-refractivity contribution in [2.45, 2.75) is 64.9 Å². The maximum atomic E-state index is 12.7. The minimum atomic E-state index is -2.13. The van der Waals surface area contributed by atoms with Gasteiger partial charge in [0.15, 0.2) is 8.32 Å². The van der Waals surface area contributed by atoms with Crippen molar-refractivity contribution < 1.29 is 28.7 Å². The molecule has 0 aromatic carbocycles. The van der Waals surface area contributed by atoms with Crippen LogP contribution in [0.25, 0.3) is 0 Å². The highest BCUT2D eigenvalue weighted by Gasteiger charge is 2.56. The smallest absolute Gasteiger partial charge is 0.325 e. The highest BCUT2D eigenvalue weighted by Crippen LogP contribution is 2.41. The van der Waals surface area contributed by atoms with Crippen molar-refractivity contribution in [1.29, 1.82) is 0 Å². The van der Waals surface area contributed by atoms with Crippen LogP contribution in [0, 0.1) is 11.8 Å². The van der Waals surface area contributed by atoms with E-state index < -0.39 is 44.2 Å². The molecule has 0 aliphatic carbocycles. The highest BCUT2D eigenvalue weighted by molar-refractivity contribution is 6.74. The first-order valence-corrected chi connectivity index (χ1v) is 12.1. The highest BCUT2D eigenvalue weighted by atomic mass is 28.4. The Morgan fingerprint density at radius 1 is 1.33 bits per heavy atom. The van der Waals surface area contributed by atoms with Crippen LogP contribution < -0.4 is 0 Å². The largest absolute Gasteiger partial charge is 0.481 e. The zero-order chi connectivity index (χ0) is 21.2. The van der Waals surface area contributed by atoms with Crippen molar-refractivity contribution in [3.63, 3.8) is 0 Å². The molecule has 1 fully saturated rings. The predicted molar refractivity (Wildman–Crippen MR) is 105 cm³/mol. The van der Waals surface area contributed by atoms with Gasteiger partial charge < -0.3 is 19.2 Å². The molecule has 1 heterocycles. The summed E-state index contributed by atoms with van der Waals surface area (Å²) in [6.07, 6.45) is 1.01. The third-order valence-electron chi connectivity index (χ3n) is 5.65. The number of β-lactam (4-membered cyclic amide) rings is 1. The molecular weight excluding hydrogens is 366 g/mol. The van der Waals surface area contributed by atoms with E-state index in [4.69, 9.17) is 9.16 Å². The van der Waals surface area contributed by atoms with Crippen LogP contribution in [0.4, 0.5) is 0 Å². The van der Waals surface area contributed by atoms with Gasteiger partial charge in [0.05, 0.1) is 24.0 Å². The number of hydrogen-bond acceptors (Lipinski definition) is 5. The molecule has 0 radical (unpaired) electrons. The number of rotatable bonds is 9. The summed E-state index contributed by atoms with van der Waals surface area (Å²) < 4.78 is 11.3. The maximum absolute atomic E-state index is 12.7. The molecule has 1 saturated heterocycles. The minimum Gasteiger partial charge on any atom is -0.481 e. The number of carbonyl (C=O) groups excluding carboxylic acids is 2. The lowest BCUT2D eigenvalue weighted by Gasteiger charge is -2.52. The van der Waals surface area contributed by atoms with Gasteiger partial charge in [0.2, 0.25) is 5.91 Å². The van der Waals surface area contributed by atoms with E-state index in [9.17, 15) is 19.5 Å². The van der Waals surface area contributed by atoms with Gasteiger partial charge in [-0.05, 0) is 32.0 Å². The van der Waals surface area contributed by atoms with Crippen LogP contribution in [0.2, 0.25) is 18.1 Å². The Bertz CT molecular complexity index is 597. The van der Waals surface area contributed by atoms with Gasteiger partial charge in [0.1, 0.15) is 13.2 Å². The molecule has 0 aromatic rings. The Kier molecular flexibility index (Phi) is 7.41. The predicted octanol–water partition coefficient (Wildman–Crippen LogP) is 2.67. The molecule has 1 amide bonds. The van der Waals surface area contributed by atoms with E-state index in [-0.39, 0.29) is 24.1 Å². The first-order chi connectivity index (χ1) is 12.2. The molecule has 0 aromatic heterocycles. The number of carboxylic acids is 1. The summed E-state index contributed by atoms with van der Waals surface area (Å²) in [5.74, 6) is -3.26. The first kappa shape index (κ1) is 23.4. The van der Waals surface area contributed by atoms with Gasteiger partial charge in [0, 0.05) is 0 Å². The number of likely N-dealkylation sites (tertiary alicyclic amines) is 1. The zero-order valence-electron chi connectivity index (χ0n) is 17.4. The number of carbonyl (C=O) groups is 3. The Morgan fingerprint density at radius 3 is 2.33 bits per heavy atom. The number of aliphatic carboxylic acids is 1. The Hall–Kier alpha value is -1.67. The minimum absolute atomic E-state index is 0.0316. The van der Waals surface area contributed by atoms with Crippen molar-refractivity contribution in [3.8, 4) is 0 Å². The molecule has 0 unspecified atom stereocenters. The van der Waals surface area contributed by atoms with Gasteiger partial charge in [0.25, 0.3) is 0 Å². The van der Waals surface area contributed by atoms with E-state index in [1.165, 1.54) is 11.0 Å². The van der Waals surface area contributed by atoms with Crippen LogP contribution in [0.1, 0.15) is 34.6 Å². The molecule has 4 atom stereocenters. The Balaban J connectivity index is 2.98. The van der Waals surface area contributed by atoms with Crippen molar-refractivity contribution in [3.05, 3.63) is 12.7 Å². The fourth-order valence-corrected chi connectivity index (χ4v) is 4.47. The second-order valence-electron chi connectivity index (χ2n) is 8.66. The summed E-state index contributed by atoms with van der Waals surface area (Å²) in [5.41, 5.74) is 0. The van der Waals surface area contributed by atoms with Crippen LogP contribution in [0.15, 0.2) is 12.7 Å². The topological polar surface area (TPSA) is 93.1 Å². The van der Waals surface area contributed by atoms with Crippen LogP contribution in [0.3, 0.4) is 0 Å². The fraction of sp³-hybridized carbons (Fsp3) is 0.737. The van der Waals surface area contributed by atoms with Crippen molar-refractivity contribution in [2.24, 2.45) is 11.8 Å². The number of ether oxygens (including phenoxy) is 1. The van der Waals surface area contributed by atoms with E-state index in [2.05, 4.69) is 40.4 Å². The molecule has 1 aliphatic heterocycles. The van der Waals surface area contributed by atoms with Gasteiger partial charge >= 0.3 is 11.9 Å². The molecule has 7 nitrogen and oxygen atoms in total. The maximum Gasteiger partial charge on any atom is 0.325 e.